The van der Waals surface area contributed by atoms with Gasteiger partial charge in [-0.05, 0) is 71.5 Å². The Morgan fingerprint density at radius 3 is 2.44 bits per heavy atom. The number of benzene rings is 2. The maximum absolute atomic E-state index is 8.70. The summed E-state index contributed by atoms with van der Waals surface area (Å²) in [5.74, 6) is 0. The zero-order chi connectivity index (χ0) is 21.1. The monoisotopic (exact) mass is 358 g/mol. The number of pyridine rings is 1. The van der Waals surface area contributed by atoms with Gasteiger partial charge in [0.25, 0.3) is 0 Å². The third-order valence-electron chi connectivity index (χ3n) is 5.41. The van der Waals surface area contributed by atoms with E-state index in [0.29, 0.717) is 0 Å². The number of rotatable bonds is 2. The van der Waals surface area contributed by atoms with Gasteiger partial charge in [-0.15, -0.1) is 0 Å². The first-order valence-electron chi connectivity index (χ1n) is 10.7. The van der Waals surface area contributed by atoms with Gasteiger partial charge in [0.15, 0.2) is 6.20 Å². The molecule has 1 heteroatoms. The van der Waals surface area contributed by atoms with Crippen molar-refractivity contribution in [3.05, 3.63) is 76.5 Å². The number of hydrogen-bond donors (Lipinski definition) is 0. The molecule has 0 radical (unpaired) electrons. The van der Waals surface area contributed by atoms with E-state index in [9.17, 15) is 0 Å². The van der Waals surface area contributed by atoms with Gasteiger partial charge < -0.3 is 0 Å². The van der Waals surface area contributed by atoms with Crippen molar-refractivity contribution in [2.45, 2.75) is 47.4 Å². The highest BCUT2D eigenvalue weighted by Crippen LogP contribution is 2.42. The Kier molecular flexibility index (Phi) is 3.67. The van der Waals surface area contributed by atoms with Gasteiger partial charge in [-0.2, -0.15) is 0 Å². The minimum absolute atomic E-state index is 0.478. The van der Waals surface area contributed by atoms with Gasteiger partial charge in [-0.3, -0.25) is 0 Å². The number of nitrogens with zero attached hydrogens (tertiary/aromatic N) is 1. The second-order valence-electron chi connectivity index (χ2n) is 8.90. The number of aromatic nitrogens is 1. The Balaban J connectivity index is 1.89. The molecule has 0 saturated heterocycles. The van der Waals surface area contributed by atoms with E-state index in [4.69, 9.17) is 2.74 Å². The molecule has 0 bridgehead atoms. The van der Waals surface area contributed by atoms with Crippen LogP contribution in [0.5, 0.6) is 0 Å². The van der Waals surface area contributed by atoms with Crippen LogP contribution in [0.25, 0.3) is 22.4 Å². The summed E-state index contributed by atoms with van der Waals surface area (Å²) >= 11 is 0. The summed E-state index contributed by atoms with van der Waals surface area (Å²) in [4.78, 5) is 0. The Morgan fingerprint density at radius 2 is 1.70 bits per heavy atom. The molecule has 1 nitrogen and oxygen atoms in total. The van der Waals surface area contributed by atoms with Crippen LogP contribution in [0.15, 0.2) is 48.7 Å². The molecule has 0 aliphatic heterocycles. The number of fused-ring (bicyclic) bond motifs is 3. The smallest absolute Gasteiger partial charge is 0.201 e. The maximum Gasteiger partial charge on any atom is 0.212 e. The number of hydrogen-bond acceptors (Lipinski definition) is 0. The highest BCUT2D eigenvalue weighted by molar-refractivity contribution is 5.84. The Bertz CT molecular complexity index is 1120. The molecule has 138 valence electrons. The predicted octanol–water partition coefficient (Wildman–Crippen LogP) is 5.95. The van der Waals surface area contributed by atoms with E-state index in [1.165, 1.54) is 38.9 Å². The van der Waals surface area contributed by atoms with Gasteiger partial charge in [0.05, 0.1) is 0 Å². The fraction of sp³-hybridized carbons (Fsp3) is 0.346. The maximum atomic E-state index is 8.70. The highest BCUT2D eigenvalue weighted by atomic mass is 14.9. The lowest BCUT2D eigenvalue weighted by molar-refractivity contribution is -0.660. The molecule has 0 spiro atoms. The standard InChI is InChI=1S/C26H30N/c1-17-7-9-23-21(13-17)15-20-8-10-22(18(2)25(20)23)24-14-19(11-12-27(24)6)16-26(3,4)5/h7-14H,15-16H2,1-6H3/q+1/i16D2. The molecule has 0 unspecified atom stereocenters. The molecule has 0 saturated carbocycles. The van der Waals surface area contributed by atoms with Crippen LogP contribution in [0, 0.1) is 19.3 Å². The Hall–Kier alpha value is -2.41. The predicted molar refractivity (Wildman–Crippen MR) is 114 cm³/mol. The molecule has 1 aliphatic carbocycles. The van der Waals surface area contributed by atoms with E-state index < -0.39 is 11.8 Å². The van der Waals surface area contributed by atoms with E-state index in [2.05, 4.69) is 48.7 Å². The minimum Gasteiger partial charge on any atom is -0.201 e. The zero-order valence-electron chi connectivity index (χ0n) is 19.3. The lowest BCUT2D eigenvalue weighted by atomic mass is 9.87. The molecule has 2 aromatic carbocycles. The van der Waals surface area contributed by atoms with Crippen molar-refractivity contribution in [3.8, 4) is 22.4 Å². The fourth-order valence-electron chi connectivity index (χ4n) is 4.23. The summed E-state index contributed by atoms with van der Waals surface area (Å²) in [5, 5.41) is 0. The van der Waals surface area contributed by atoms with Gasteiger partial charge in [-0.25, -0.2) is 4.57 Å². The average molecular weight is 359 g/mol. The molecular formula is C26H30N+. The minimum atomic E-state index is -1.41. The van der Waals surface area contributed by atoms with E-state index in [1.807, 2.05) is 46.1 Å². The van der Waals surface area contributed by atoms with Gasteiger partial charge >= 0.3 is 0 Å². The normalized spacial score (nSPS) is 14.4. The summed E-state index contributed by atoms with van der Waals surface area (Å²) in [6.45, 7) is 10.2. The van der Waals surface area contributed by atoms with E-state index >= 15 is 0 Å². The van der Waals surface area contributed by atoms with Crippen LogP contribution in [0.3, 0.4) is 0 Å². The molecule has 1 aliphatic rings. The topological polar surface area (TPSA) is 3.88 Å². The van der Waals surface area contributed by atoms with Crippen LogP contribution in [0.1, 0.15) is 51.3 Å². The van der Waals surface area contributed by atoms with Crippen molar-refractivity contribution in [2.75, 3.05) is 0 Å². The van der Waals surface area contributed by atoms with Crippen molar-refractivity contribution >= 4 is 0 Å². The van der Waals surface area contributed by atoms with E-state index in [-0.39, 0.29) is 0 Å². The Labute approximate surface area is 166 Å². The van der Waals surface area contributed by atoms with E-state index in [1.54, 1.807) is 0 Å². The van der Waals surface area contributed by atoms with E-state index in [0.717, 1.165) is 17.7 Å². The summed E-state index contributed by atoms with van der Waals surface area (Å²) in [6.07, 6.45) is 1.56. The first-order chi connectivity index (χ1) is 13.5. The van der Waals surface area contributed by atoms with Crippen LogP contribution in [0.2, 0.25) is 0 Å². The van der Waals surface area contributed by atoms with Crippen LogP contribution in [0.4, 0.5) is 0 Å². The molecule has 3 aromatic rings. The molecule has 4 rings (SSSR count). The van der Waals surface area contributed by atoms with Gasteiger partial charge in [-0.1, -0.05) is 50.6 Å². The zero-order valence-corrected chi connectivity index (χ0v) is 17.3. The van der Waals surface area contributed by atoms with Crippen molar-refractivity contribution < 1.29 is 7.31 Å². The van der Waals surface area contributed by atoms with Gasteiger partial charge in [0.1, 0.15) is 7.05 Å². The quantitative estimate of drug-likeness (QED) is 0.390. The average Bonchev–Trinajstić information content (AvgIpc) is 3.00. The molecule has 0 amide bonds. The highest BCUT2D eigenvalue weighted by Gasteiger charge is 2.24. The Morgan fingerprint density at radius 1 is 0.963 bits per heavy atom. The third-order valence-corrected chi connectivity index (χ3v) is 5.41. The first-order valence-corrected chi connectivity index (χ1v) is 9.73. The lowest BCUT2D eigenvalue weighted by Crippen LogP contribution is -2.31. The lowest BCUT2D eigenvalue weighted by Gasteiger charge is -2.18. The summed E-state index contributed by atoms with van der Waals surface area (Å²) in [7, 11) is 2.04. The van der Waals surface area contributed by atoms with Crippen molar-refractivity contribution in [3.63, 3.8) is 0 Å². The fourth-order valence-corrected chi connectivity index (χ4v) is 4.23. The van der Waals surface area contributed by atoms with Crippen molar-refractivity contribution in [1.82, 2.24) is 0 Å². The summed E-state index contributed by atoms with van der Waals surface area (Å²) in [5.41, 5.74) is 10.5. The molecule has 27 heavy (non-hydrogen) atoms. The van der Waals surface area contributed by atoms with Crippen LogP contribution in [-0.4, -0.2) is 0 Å². The SMILES string of the molecule is [2H]C([2H])(c1cc[n+](C)c(-c2ccc3c(c2C)-c2ccc(C)cc2C3)c1)C(C)(C)C. The second-order valence-corrected chi connectivity index (χ2v) is 8.90. The number of aryl methyl sites for hydroxylation is 2. The molecule has 1 aromatic heterocycles. The van der Waals surface area contributed by atoms with Gasteiger partial charge in [0.2, 0.25) is 5.69 Å². The largest absolute Gasteiger partial charge is 0.212 e. The molecule has 1 heterocycles. The third kappa shape index (κ3) is 3.32. The van der Waals surface area contributed by atoms with Crippen LogP contribution < -0.4 is 4.57 Å². The molecule has 0 N–H and O–H groups in total. The van der Waals surface area contributed by atoms with Crippen LogP contribution in [-0.2, 0) is 19.8 Å². The first kappa shape index (κ1) is 15.6. The van der Waals surface area contributed by atoms with Crippen molar-refractivity contribution in [1.29, 1.82) is 0 Å². The van der Waals surface area contributed by atoms with Gasteiger partial charge in [0, 0.05) is 20.4 Å². The summed E-state index contributed by atoms with van der Waals surface area (Å²) in [6, 6.07) is 15.1. The second kappa shape index (κ2) is 6.34. The van der Waals surface area contributed by atoms with Crippen LogP contribution >= 0.6 is 0 Å². The summed E-state index contributed by atoms with van der Waals surface area (Å²) < 4.78 is 19.5. The molecular weight excluding hydrogens is 326 g/mol. The van der Waals surface area contributed by atoms with Crippen molar-refractivity contribution in [2.24, 2.45) is 12.5 Å². The molecule has 0 fully saturated rings. The molecule has 0 atom stereocenters.